The van der Waals surface area contributed by atoms with Gasteiger partial charge in [-0.05, 0) is 19.4 Å². The standard InChI is InChI=1S/C13H17F3NO4P/c1-3-20-22(19,21-4-2)11(10-8-6-5-7-9-10)17-12(18)13(14,15)16/h5-9,11H,3-4H2,1-2H3,(H,17,18)/t11-/m0/s1. The van der Waals surface area contributed by atoms with E-state index in [1.54, 1.807) is 23.5 Å². The van der Waals surface area contributed by atoms with Crippen molar-refractivity contribution in [1.82, 2.24) is 5.32 Å². The normalized spacial score (nSPS) is 13.7. The van der Waals surface area contributed by atoms with Crippen LogP contribution in [0.2, 0.25) is 0 Å². The zero-order valence-corrected chi connectivity index (χ0v) is 13.0. The van der Waals surface area contributed by atoms with Crippen LogP contribution < -0.4 is 5.32 Å². The summed E-state index contributed by atoms with van der Waals surface area (Å²) in [6.07, 6.45) is -5.10. The lowest BCUT2D eigenvalue weighted by molar-refractivity contribution is -0.174. The molecule has 1 N–H and O–H groups in total. The quantitative estimate of drug-likeness (QED) is 0.771. The lowest BCUT2D eigenvalue weighted by Crippen LogP contribution is -2.39. The molecule has 0 aliphatic heterocycles. The van der Waals surface area contributed by atoms with Crippen LogP contribution in [0.4, 0.5) is 13.2 Å². The van der Waals surface area contributed by atoms with Gasteiger partial charge >= 0.3 is 19.7 Å². The van der Waals surface area contributed by atoms with E-state index in [2.05, 4.69) is 0 Å². The third kappa shape index (κ3) is 4.83. The van der Waals surface area contributed by atoms with Gasteiger partial charge in [0.2, 0.25) is 0 Å². The van der Waals surface area contributed by atoms with Gasteiger partial charge in [0.05, 0.1) is 13.2 Å². The summed E-state index contributed by atoms with van der Waals surface area (Å²) in [6, 6.07) is 7.60. The van der Waals surface area contributed by atoms with E-state index in [1.165, 1.54) is 26.0 Å². The average Bonchev–Trinajstić information content (AvgIpc) is 2.44. The topological polar surface area (TPSA) is 64.6 Å². The minimum absolute atomic E-state index is 0.0392. The summed E-state index contributed by atoms with van der Waals surface area (Å²) in [6.45, 7) is 2.98. The van der Waals surface area contributed by atoms with Crippen molar-refractivity contribution in [3.05, 3.63) is 35.9 Å². The number of benzene rings is 1. The third-order valence-corrected chi connectivity index (χ3v) is 4.87. The molecule has 5 nitrogen and oxygen atoms in total. The van der Waals surface area contributed by atoms with Crippen molar-refractivity contribution in [2.75, 3.05) is 13.2 Å². The number of hydrogen-bond donors (Lipinski definition) is 1. The molecule has 0 bridgehead atoms. The molecule has 0 saturated heterocycles. The number of amides is 1. The lowest BCUT2D eigenvalue weighted by Gasteiger charge is -2.27. The van der Waals surface area contributed by atoms with Crippen LogP contribution in [0.3, 0.4) is 0 Å². The highest BCUT2D eigenvalue weighted by Crippen LogP contribution is 2.59. The van der Waals surface area contributed by atoms with Crippen LogP contribution in [0.25, 0.3) is 0 Å². The summed E-state index contributed by atoms with van der Waals surface area (Å²) in [5.74, 6) is -3.75. The number of alkyl halides is 3. The second kappa shape index (κ2) is 7.76. The van der Waals surface area contributed by atoms with Crippen molar-refractivity contribution in [1.29, 1.82) is 0 Å². The molecule has 0 spiro atoms. The van der Waals surface area contributed by atoms with E-state index in [-0.39, 0.29) is 18.8 Å². The predicted octanol–water partition coefficient (Wildman–Crippen LogP) is 3.63. The number of halogens is 3. The minimum Gasteiger partial charge on any atom is -0.330 e. The largest absolute Gasteiger partial charge is 0.471 e. The highest BCUT2D eigenvalue weighted by atomic mass is 31.2. The Kier molecular flexibility index (Phi) is 6.59. The van der Waals surface area contributed by atoms with Crippen LogP contribution in [-0.2, 0) is 18.4 Å². The first-order valence-corrected chi connectivity index (χ1v) is 8.17. The number of carbonyl (C=O) groups excluding carboxylic acids is 1. The summed E-state index contributed by atoms with van der Waals surface area (Å²) >= 11 is 0. The average molecular weight is 339 g/mol. The first kappa shape index (κ1) is 18.7. The van der Waals surface area contributed by atoms with Crippen molar-refractivity contribution in [2.24, 2.45) is 0 Å². The van der Waals surface area contributed by atoms with Crippen LogP contribution in [0.15, 0.2) is 30.3 Å². The number of hydrogen-bond acceptors (Lipinski definition) is 4. The van der Waals surface area contributed by atoms with E-state index in [0.717, 1.165) is 0 Å². The number of carbonyl (C=O) groups is 1. The Morgan fingerprint density at radius 3 is 2.09 bits per heavy atom. The zero-order chi connectivity index (χ0) is 16.8. The molecular formula is C13H17F3NO4P. The fourth-order valence-corrected chi connectivity index (χ4v) is 3.64. The molecule has 0 aliphatic rings. The second-order valence-electron chi connectivity index (χ2n) is 4.16. The first-order valence-electron chi connectivity index (χ1n) is 6.56. The smallest absolute Gasteiger partial charge is 0.330 e. The summed E-state index contributed by atoms with van der Waals surface area (Å²) in [7, 11) is -4.01. The van der Waals surface area contributed by atoms with Crippen molar-refractivity contribution >= 4 is 13.5 Å². The molecule has 1 aromatic carbocycles. The van der Waals surface area contributed by atoms with Crippen molar-refractivity contribution < 1.29 is 31.6 Å². The Morgan fingerprint density at radius 2 is 1.68 bits per heavy atom. The molecule has 22 heavy (non-hydrogen) atoms. The predicted molar refractivity (Wildman–Crippen MR) is 74.2 cm³/mol. The van der Waals surface area contributed by atoms with Gasteiger partial charge in [0.1, 0.15) is 0 Å². The molecule has 0 aromatic heterocycles. The molecule has 0 radical (unpaired) electrons. The van der Waals surface area contributed by atoms with E-state index in [1.807, 2.05) is 0 Å². The molecule has 1 rings (SSSR count). The van der Waals surface area contributed by atoms with E-state index >= 15 is 0 Å². The van der Waals surface area contributed by atoms with Crippen molar-refractivity contribution in [3.63, 3.8) is 0 Å². The Hall–Kier alpha value is -1.37. The summed E-state index contributed by atoms with van der Waals surface area (Å²) in [4.78, 5) is 11.2. The fraction of sp³-hybridized carbons (Fsp3) is 0.462. The van der Waals surface area contributed by atoms with E-state index in [9.17, 15) is 22.5 Å². The van der Waals surface area contributed by atoms with Crippen LogP contribution in [0.1, 0.15) is 25.2 Å². The molecule has 0 unspecified atom stereocenters. The molecule has 1 amide bonds. The highest BCUT2D eigenvalue weighted by Gasteiger charge is 2.45. The molecule has 1 atom stereocenters. The van der Waals surface area contributed by atoms with Crippen LogP contribution in [-0.4, -0.2) is 25.3 Å². The Bertz CT molecular complexity index is 526. The Labute approximate surface area is 126 Å². The van der Waals surface area contributed by atoms with Gasteiger partial charge in [0.15, 0.2) is 5.78 Å². The molecule has 0 saturated carbocycles. The zero-order valence-electron chi connectivity index (χ0n) is 12.1. The SMILES string of the molecule is CCOP(=O)(OCC)[C@H](NC(=O)C(F)(F)F)c1ccccc1. The maximum Gasteiger partial charge on any atom is 0.471 e. The summed E-state index contributed by atoms with van der Waals surface area (Å²) in [5.41, 5.74) is 0.199. The first-order chi connectivity index (χ1) is 10.2. The maximum atomic E-state index is 12.7. The van der Waals surface area contributed by atoms with Gasteiger partial charge < -0.3 is 14.4 Å². The van der Waals surface area contributed by atoms with Crippen LogP contribution >= 0.6 is 7.60 Å². The van der Waals surface area contributed by atoms with E-state index < -0.39 is 25.5 Å². The van der Waals surface area contributed by atoms with Crippen molar-refractivity contribution in [2.45, 2.75) is 25.8 Å². The van der Waals surface area contributed by atoms with E-state index in [4.69, 9.17) is 9.05 Å². The van der Waals surface area contributed by atoms with Gasteiger partial charge in [0.25, 0.3) is 0 Å². The molecule has 0 aliphatic carbocycles. The third-order valence-electron chi connectivity index (χ3n) is 2.57. The highest BCUT2D eigenvalue weighted by molar-refractivity contribution is 7.54. The van der Waals surface area contributed by atoms with Gasteiger partial charge in [-0.1, -0.05) is 30.3 Å². The van der Waals surface area contributed by atoms with Gasteiger partial charge in [-0.3, -0.25) is 9.36 Å². The van der Waals surface area contributed by atoms with Crippen molar-refractivity contribution in [3.8, 4) is 0 Å². The molecule has 9 heteroatoms. The number of nitrogens with one attached hydrogen (secondary N) is 1. The van der Waals surface area contributed by atoms with Crippen LogP contribution in [0, 0.1) is 0 Å². The lowest BCUT2D eigenvalue weighted by atomic mass is 10.2. The number of rotatable bonds is 7. The Morgan fingerprint density at radius 1 is 1.18 bits per heavy atom. The van der Waals surface area contributed by atoms with E-state index in [0.29, 0.717) is 0 Å². The summed E-state index contributed by atoms with van der Waals surface area (Å²) in [5, 5.41) is 1.71. The summed E-state index contributed by atoms with van der Waals surface area (Å²) < 4.78 is 60.4. The fourth-order valence-electron chi connectivity index (χ4n) is 1.73. The van der Waals surface area contributed by atoms with Crippen LogP contribution in [0.5, 0.6) is 0 Å². The minimum atomic E-state index is -5.10. The molecule has 124 valence electrons. The van der Waals surface area contributed by atoms with Gasteiger partial charge in [-0.15, -0.1) is 0 Å². The molecule has 0 heterocycles. The monoisotopic (exact) mass is 339 g/mol. The molecular weight excluding hydrogens is 322 g/mol. The molecule has 1 aromatic rings. The van der Waals surface area contributed by atoms with Gasteiger partial charge in [-0.2, -0.15) is 13.2 Å². The molecule has 0 fully saturated rings. The maximum absolute atomic E-state index is 12.7. The Balaban J connectivity index is 3.21. The van der Waals surface area contributed by atoms with Gasteiger partial charge in [-0.25, -0.2) is 0 Å². The van der Waals surface area contributed by atoms with Gasteiger partial charge in [0, 0.05) is 0 Å². The second-order valence-corrected chi connectivity index (χ2v) is 6.27.